The fourth-order valence-electron chi connectivity index (χ4n) is 1.76. The van der Waals surface area contributed by atoms with Gasteiger partial charge in [-0.2, -0.15) is 0 Å². The molecule has 5 heteroatoms. The Morgan fingerprint density at radius 1 is 1.33 bits per heavy atom. The summed E-state index contributed by atoms with van der Waals surface area (Å²) in [5, 5.41) is 18.1. The molecule has 0 aromatic heterocycles. The first-order valence-corrected chi connectivity index (χ1v) is 6.23. The number of nitrogens with zero attached hydrogens (tertiary/aromatic N) is 1. The van der Waals surface area contributed by atoms with Crippen molar-refractivity contribution in [2.45, 2.75) is 26.8 Å². The number of hydrogen-bond donors (Lipinski definition) is 2. The summed E-state index contributed by atoms with van der Waals surface area (Å²) < 4.78 is 13.3. The molecule has 0 amide bonds. The molecule has 0 heterocycles. The Morgan fingerprint density at radius 2 is 2.00 bits per heavy atom. The topological polar surface area (TPSA) is 43.7 Å². The SMILES string of the molecule is CC(C)CCN(C)Cc1ccc(F)c(B(O)O)c1. The zero-order valence-electron chi connectivity index (χ0n) is 11.2. The normalized spacial score (nSPS) is 11.3. The molecule has 0 saturated heterocycles. The average molecular weight is 253 g/mol. The molecular formula is C13H21BFNO2. The Morgan fingerprint density at radius 3 is 2.56 bits per heavy atom. The molecule has 1 aromatic rings. The van der Waals surface area contributed by atoms with E-state index in [2.05, 4.69) is 18.7 Å². The number of hydrogen-bond acceptors (Lipinski definition) is 3. The lowest BCUT2D eigenvalue weighted by molar-refractivity contribution is 0.303. The van der Waals surface area contributed by atoms with Gasteiger partial charge < -0.3 is 14.9 Å². The van der Waals surface area contributed by atoms with Crippen molar-refractivity contribution in [2.75, 3.05) is 13.6 Å². The van der Waals surface area contributed by atoms with Crippen molar-refractivity contribution >= 4 is 12.6 Å². The van der Waals surface area contributed by atoms with Gasteiger partial charge in [0.2, 0.25) is 0 Å². The third-order valence-corrected chi connectivity index (χ3v) is 2.88. The molecule has 100 valence electrons. The first-order chi connectivity index (χ1) is 8.40. The fraction of sp³-hybridized carbons (Fsp3) is 0.538. The van der Waals surface area contributed by atoms with Crippen molar-refractivity contribution in [1.29, 1.82) is 0 Å². The van der Waals surface area contributed by atoms with E-state index in [1.807, 2.05) is 7.05 Å². The summed E-state index contributed by atoms with van der Waals surface area (Å²) in [6.45, 7) is 5.98. The zero-order chi connectivity index (χ0) is 13.7. The van der Waals surface area contributed by atoms with E-state index in [0.717, 1.165) is 18.5 Å². The minimum Gasteiger partial charge on any atom is -0.423 e. The number of rotatable bonds is 6. The molecule has 0 fully saturated rings. The summed E-state index contributed by atoms with van der Waals surface area (Å²) in [6.07, 6.45) is 1.10. The van der Waals surface area contributed by atoms with Crippen LogP contribution >= 0.6 is 0 Å². The Bertz CT molecular complexity index is 385. The van der Waals surface area contributed by atoms with Gasteiger partial charge in [-0.15, -0.1) is 0 Å². The first kappa shape index (κ1) is 15.2. The highest BCUT2D eigenvalue weighted by atomic mass is 19.1. The molecule has 0 bridgehead atoms. The lowest BCUT2D eigenvalue weighted by atomic mass is 9.79. The quantitative estimate of drug-likeness (QED) is 0.743. The van der Waals surface area contributed by atoms with E-state index in [0.29, 0.717) is 12.5 Å². The molecule has 0 aliphatic heterocycles. The molecule has 0 aliphatic carbocycles. The second kappa shape index (κ2) is 6.88. The first-order valence-electron chi connectivity index (χ1n) is 6.23. The van der Waals surface area contributed by atoms with Gasteiger partial charge in [0.15, 0.2) is 0 Å². The predicted molar refractivity (Wildman–Crippen MR) is 72.0 cm³/mol. The summed E-state index contributed by atoms with van der Waals surface area (Å²) in [5.41, 5.74) is 0.815. The Labute approximate surface area is 108 Å². The van der Waals surface area contributed by atoms with Crippen LogP contribution in [0.2, 0.25) is 0 Å². The largest absolute Gasteiger partial charge is 0.491 e. The third kappa shape index (κ3) is 4.76. The van der Waals surface area contributed by atoms with Gasteiger partial charge in [0.25, 0.3) is 0 Å². The second-order valence-corrected chi connectivity index (χ2v) is 5.15. The molecule has 0 unspecified atom stereocenters. The van der Waals surface area contributed by atoms with Crippen molar-refractivity contribution in [2.24, 2.45) is 5.92 Å². The van der Waals surface area contributed by atoms with Gasteiger partial charge in [0, 0.05) is 12.0 Å². The highest BCUT2D eigenvalue weighted by molar-refractivity contribution is 6.58. The van der Waals surface area contributed by atoms with Crippen LogP contribution in [0.15, 0.2) is 18.2 Å². The van der Waals surface area contributed by atoms with Gasteiger partial charge in [-0.1, -0.05) is 26.0 Å². The van der Waals surface area contributed by atoms with Gasteiger partial charge in [0.1, 0.15) is 5.82 Å². The van der Waals surface area contributed by atoms with Gasteiger partial charge in [-0.05, 0) is 37.6 Å². The molecule has 3 nitrogen and oxygen atoms in total. The number of halogens is 1. The summed E-state index contributed by atoms with van der Waals surface area (Å²) >= 11 is 0. The molecular weight excluding hydrogens is 232 g/mol. The van der Waals surface area contributed by atoms with E-state index in [1.165, 1.54) is 12.1 Å². The van der Waals surface area contributed by atoms with Crippen molar-refractivity contribution in [1.82, 2.24) is 4.90 Å². The lowest BCUT2D eigenvalue weighted by Gasteiger charge is -2.18. The molecule has 2 N–H and O–H groups in total. The highest BCUT2D eigenvalue weighted by Gasteiger charge is 2.17. The maximum Gasteiger partial charge on any atom is 0.491 e. The van der Waals surface area contributed by atoms with Crippen molar-refractivity contribution < 1.29 is 14.4 Å². The van der Waals surface area contributed by atoms with Gasteiger partial charge >= 0.3 is 7.12 Å². The van der Waals surface area contributed by atoms with E-state index in [4.69, 9.17) is 10.0 Å². The summed E-state index contributed by atoms with van der Waals surface area (Å²) in [6, 6.07) is 4.46. The highest BCUT2D eigenvalue weighted by Crippen LogP contribution is 2.07. The minimum absolute atomic E-state index is 0.0650. The second-order valence-electron chi connectivity index (χ2n) is 5.15. The van der Waals surface area contributed by atoms with Crippen molar-refractivity contribution in [3.05, 3.63) is 29.6 Å². The average Bonchev–Trinajstić information content (AvgIpc) is 2.28. The smallest absolute Gasteiger partial charge is 0.423 e. The molecule has 1 aromatic carbocycles. The summed E-state index contributed by atoms with van der Waals surface area (Å²) in [5.74, 6) is 0.0640. The third-order valence-electron chi connectivity index (χ3n) is 2.88. The van der Waals surface area contributed by atoms with Crippen molar-refractivity contribution in [3.8, 4) is 0 Å². The molecule has 0 saturated carbocycles. The van der Waals surface area contributed by atoms with E-state index >= 15 is 0 Å². The summed E-state index contributed by atoms with van der Waals surface area (Å²) in [4.78, 5) is 2.14. The van der Waals surface area contributed by atoms with E-state index in [9.17, 15) is 4.39 Å². The Balaban J connectivity index is 2.64. The van der Waals surface area contributed by atoms with E-state index in [1.54, 1.807) is 6.07 Å². The lowest BCUT2D eigenvalue weighted by Crippen LogP contribution is -2.33. The van der Waals surface area contributed by atoms with Gasteiger partial charge in [-0.3, -0.25) is 0 Å². The zero-order valence-corrected chi connectivity index (χ0v) is 11.2. The monoisotopic (exact) mass is 253 g/mol. The molecule has 0 aliphatic rings. The van der Waals surface area contributed by atoms with Crippen LogP contribution in [0, 0.1) is 11.7 Å². The molecule has 0 radical (unpaired) electrons. The molecule has 0 atom stereocenters. The van der Waals surface area contributed by atoms with Crippen LogP contribution < -0.4 is 5.46 Å². The standard InChI is InChI=1S/C13H21BFNO2/c1-10(2)6-7-16(3)9-11-4-5-13(15)12(8-11)14(17)18/h4-5,8,10,17-18H,6-7,9H2,1-3H3. The maximum atomic E-state index is 13.3. The minimum atomic E-state index is -1.76. The van der Waals surface area contributed by atoms with Crippen LogP contribution in [0.4, 0.5) is 4.39 Å². The molecule has 1 rings (SSSR count). The summed E-state index contributed by atoms with van der Waals surface area (Å²) in [7, 11) is 0.242. The van der Waals surface area contributed by atoms with Crippen LogP contribution in [0.1, 0.15) is 25.8 Å². The Hall–Kier alpha value is -0.905. The number of benzene rings is 1. The van der Waals surface area contributed by atoms with E-state index in [-0.39, 0.29) is 5.46 Å². The van der Waals surface area contributed by atoms with Crippen LogP contribution in [0.3, 0.4) is 0 Å². The predicted octanol–water partition coefficient (Wildman–Crippen LogP) is 0.983. The van der Waals surface area contributed by atoms with E-state index < -0.39 is 12.9 Å². The fourth-order valence-corrected chi connectivity index (χ4v) is 1.76. The van der Waals surface area contributed by atoms with Crippen LogP contribution in [0.25, 0.3) is 0 Å². The maximum absolute atomic E-state index is 13.3. The van der Waals surface area contributed by atoms with Crippen LogP contribution in [-0.4, -0.2) is 35.7 Å². The molecule has 0 spiro atoms. The Kier molecular flexibility index (Phi) is 5.79. The van der Waals surface area contributed by atoms with Crippen LogP contribution in [0.5, 0.6) is 0 Å². The van der Waals surface area contributed by atoms with Gasteiger partial charge in [0.05, 0.1) is 0 Å². The van der Waals surface area contributed by atoms with Gasteiger partial charge in [-0.25, -0.2) is 4.39 Å². The molecule has 18 heavy (non-hydrogen) atoms. The van der Waals surface area contributed by atoms with Crippen LogP contribution in [-0.2, 0) is 6.54 Å². The van der Waals surface area contributed by atoms with Crippen molar-refractivity contribution in [3.63, 3.8) is 0 Å².